The van der Waals surface area contributed by atoms with Gasteiger partial charge in [0.25, 0.3) is 0 Å². The van der Waals surface area contributed by atoms with E-state index in [-0.39, 0.29) is 5.96 Å². The molecule has 8 heteroatoms. The maximum absolute atomic E-state index is 11.8. The van der Waals surface area contributed by atoms with Crippen molar-refractivity contribution >= 4 is 17.7 Å². The Morgan fingerprint density at radius 1 is 1.13 bits per heavy atom. The summed E-state index contributed by atoms with van der Waals surface area (Å²) in [6.45, 7) is 3.11. The SMILES string of the molecule is CCNC(=O)NC(N)=Nc1ccc(-c2cccnc2)cc1-c1cc(CN(C)C)ccn1. The van der Waals surface area contributed by atoms with E-state index in [4.69, 9.17) is 5.73 Å². The van der Waals surface area contributed by atoms with E-state index in [1.54, 1.807) is 12.4 Å². The third-order valence-corrected chi connectivity index (χ3v) is 4.41. The third-order valence-electron chi connectivity index (χ3n) is 4.41. The van der Waals surface area contributed by atoms with Crippen LogP contribution in [-0.4, -0.2) is 47.5 Å². The molecule has 2 amide bonds. The molecule has 3 aromatic rings. The predicted octanol–water partition coefficient (Wildman–Crippen LogP) is 3.14. The summed E-state index contributed by atoms with van der Waals surface area (Å²) in [4.78, 5) is 27.1. The number of aliphatic imine (C=N–C) groups is 1. The molecular formula is C23H27N7O. The molecule has 0 radical (unpaired) electrons. The number of pyridine rings is 2. The van der Waals surface area contributed by atoms with E-state index in [2.05, 4.69) is 30.5 Å². The molecule has 4 N–H and O–H groups in total. The van der Waals surface area contributed by atoms with Gasteiger partial charge in [0.05, 0.1) is 11.4 Å². The molecule has 0 bridgehead atoms. The highest BCUT2D eigenvalue weighted by Gasteiger charge is 2.11. The fraction of sp³-hybridized carbons (Fsp3) is 0.217. The minimum Gasteiger partial charge on any atom is -0.369 e. The van der Waals surface area contributed by atoms with Crippen molar-refractivity contribution in [2.45, 2.75) is 13.5 Å². The van der Waals surface area contributed by atoms with E-state index in [1.807, 2.05) is 69.7 Å². The predicted molar refractivity (Wildman–Crippen MR) is 124 cm³/mol. The van der Waals surface area contributed by atoms with Crippen molar-refractivity contribution in [3.05, 3.63) is 66.6 Å². The molecule has 1 aromatic carbocycles. The summed E-state index contributed by atoms with van der Waals surface area (Å²) < 4.78 is 0. The van der Waals surface area contributed by atoms with Crippen molar-refractivity contribution in [3.8, 4) is 22.4 Å². The molecule has 160 valence electrons. The molecule has 31 heavy (non-hydrogen) atoms. The van der Waals surface area contributed by atoms with Gasteiger partial charge in [0.15, 0.2) is 0 Å². The van der Waals surface area contributed by atoms with Gasteiger partial charge in [-0.2, -0.15) is 0 Å². The van der Waals surface area contributed by atoms with E-state index in [1.165, 1.54) is 0 Å². The highest BCUT2D eigenvalue weighted by molar-refractivity contribution is 5.97. The number of amides is 2. The summed E-state index contributed by atoms with van der Waals surface area (Å²) in [7, 11) is 4.04. The molecule has 0 fully saturated rings. The lowest BCUT2D eigenvalue weighted by Gasteiger charge is -2.13. The van der Waals surface area contributed by atoms with E-state index in [9.17, 15) is 4.79 Å². The average molecular weight is 418 g/mol. The van der Waals surface area contributed by atoms with Crippen LogP contribution in [0.4, 0.5) is 10.5 Å². The van der Waals surface area contributed by atoms with Gasteiger partial charge in [-0.15, -0.1) is 0 Å². The molecule has 3 rings (SSSR count). The van der Waals surface area contributed by atoms with Gasteiger partial charge < -0.3 is 16.0 Å². The molecule has 0 unspecified atom stereocenters. The van der Waals surface area contributed by atoms with Crippen LogP contribution < -0.4 is 16.4 Å². The van der Waals surface area contributed by atoms with Crippen LogP contribution in [0.1, 0.15) is 12.5 Å². The summed E-state index contributed by atoms with van der Waals surface area (Å²) >= 11 is 0. The zero-order valence-electron chi connectivity index (χ0n) is 18.0. The van der Waals surface area contributed by atoms with Gasteiger partial charge in [0, 0.05) is 42.8 Å². The number of nitrogens with one attached hydrogen (secondary N) is 2. The van der Waals surface area contributed by atoms with Crippen molar-refractivity contribution in [1.82, 2.24) is 25.5 Å². The minimum absolute atomic E-state index is 0.00535. The Bertz CT molecular complexity index is 1060. The molecule has 2 aromatic heterocycles. The highest BCUT2D eigenvalue weighted by atomic mass is 16.2. The lowest BCUT2D eigenvalue weighted by atomic mass is 10.00. The van der Waals surface area contributed by atoms with Crippen LogP contribution in [0.25, 0.3) is 22.4 Å². The third kappa shape index (κ3) is 6.10. The number of benzene rings is 1. The second kappa shape index (κ2) is 10.3. The Morgan fingerprint density at radius 3 is 2.68 bits per heavy atom. The maximum atomic E-state index is 11.8. The molecule has 0 saturated carbocycles. The molecule has 8 nitrogen and oxygen atoms in total. The Labute approximate surface area is 182 Å². The zero-order valence-corrected chi connectivity index (χ0v) is 18.0. The summed E-state index contributed by atoms with van der Waals surface area (Å²) in [6, 6.07) is 13.3. The van der Waals surface area contributed by atoms with Crippen molar-refractivity contribution in [1.29, 1.82) is 0 Å². The van der Waals surface area contributed by atoms with Gasteiger partial charge in [0.1, 0.15) is 0 Å². The molecule has 0 aliphatic rings. The van der Waals surface area contributed by atoms with Crippen LogP contribution in [0.5, 0.6) is 0 Å². The Kier molecular flexibility index (Phi) is 7.29. The maximum Gasteiger partial charge on any atom is 0.321 e. The Balaban J connectivity index is 2.06. The fourth-order valence-electron chi connectivity index (χ4n) is 3.12. The van der Waals surface area contributed by atoms with E-state index >= 15 is 0 Å². The molecule has 0 atom stereocenters. The topological polar surface area (TPSA) is 109 Å². The summed E-state index contributed by atoms with van der Waals surface area (Å²) in [5.74, 6) is 0.00535. The molecule has 0 spiro atoms. The normalized spacial score (nSPS) is 11.4. The summed E-state index contributed by atoms with van der Waals surface area (Å²) in [6.07, 6.45) is 5.33. The van der Waals surface area contributed by atoms with E-state index < -0.39 is 6.03 Å². The summed E-state index contributed by atoms with van der Waals surface area (Å²) in [5.41, 5.74) is 11.3. The number of guanidine groups is 1. The first-order chi connectivity index (χ1) is 15.0. The van der Waals surface area contributed by atoms with Crippen LogP contribution in [0, 0.1) is 0 Å². The number of hydrogen-bond acceptors (Lipinski definition) is 5. The van der Waals surface area contributed by atoms with Crippen molar-refractivity contribution in [3.63, 3.8) is 0 Å². The fourth-order valence-corrected chi connectivity index (χ4v) is 3.12. The quantitative estimate of drug-likeness (QED) is 0.422. The number of urea groups is 1. The molecular weight excluding hydrogens is 390 g/mol. The van der Waals surface area contributed by atoms with Crippen LogP contribution >= 0.6 is 0 Å². The number of hydrogen-bond donors (Lipinski definition) is 3. The first-order valence-corrected chi connectivity index (χ1v) is 9.99. The van der Waals surface area contributed by atoms with Crippen LogP contribution in [0.2, 0.25) is 0 Å². The van der Waals surface area contributed by atoms with Gasteiger partial charge in [-0.3, -0.25) is 15.3 Å². The minimum atomic E-state index is -0.400. The van der Waals surface area contributed by atoms with Crippen molar-refractivity contribution in [2.24, 2.45) is 10.7 Å². The molecule has 0 aliphatic heterocycles. The van der Waals surface area contributed by atoms with Crippen molar-refractivity contribution in [2.75, 3.05) is 20.6 Å². The largest absolute Gasteiger partial charge is 0.369 e. The second-order valence-corrected chi connectivity index (χ2v) is 7.24. The van der Waals surface area contributed by atoms with Crippen LogP contribution in [-0.2, 0) is 6.54 Å². The second-order valence-electron chi connectivity index (χ2n) is 7.24. The number of carbonyl (C=O) groups excluding carboxylic acids is 1. The van der Waals surface area contributed by atoms with Crippen LogP contribution in [0.3, 0.4) is 0 Å². The number of nitrogens with zero attached hydrogens (tertiary/aromatic N) is 4. The first kappa shape index (κ1) is 21.9. The first-order valence-electron chi connectivity index (χ1n) is 9.99. The van der Waals surface area contributed by atoms with Gasteiger partial charge >= 0.3 is 6.03 Å². The standard InChI is InChI=1S/C23H27N7O/c1-4-26-23(31)29-22(24)28-20-8-7-17(18-6-5-10-25-14-18)13-19(20)21-12-16(9-11-27-21)15-30(2)3/h5-14H,4,15H2,1-3H3,(H4,24,26,28,29,31). The monoisotopic (exact) mass is 417 g/mol. The van der Waals surface area contributed by atoms with E-state index in [0.717, 1.165) is 34.5 Å². The van der Waals surface area contributed by atoms with Gasteiger partial charge in [-0.1, -0.05) is 12.1 Å². The highest BCUT2D eigenvalue weighted by Crippen LogP contribution is 2.34. The Morgan fingerprint density at radius 2 is 1.97 bits per heavy atom. The average Bonchev–Trinajstić information content (AvgIpc) is 2.74. The number of carbonyl (C=O) groups is 1. The number of rotatable bonds is 6. The van der Waals surface area contributed by atoms with Crippen LogP contribution in [0.15, 0.2) is 66.0 Å². The molecule has 0 saturated heterocycles. The number of aromatic nitrogens is 2. The van der Waals surface area contributed by atoms with Gasteiger partial charge in [0.2, 0.25) is 5.96 Å². The molecule has 0 aliphatic carbocycles. The zero-order chi connectivity index (χ0) is 22.2. The Hall–Kier alpha value is -3.78. The van der Waals surface area contributed by atoms with Crippen molar-refractivity contribution < 1.29 is 4.79 Å². The summed E-state index contributed by atoms with van der Waals surface area (Å²) in [5, 5.41) is 5.16. The van der Waals surface area contributed by atoms with Gasteiger partial charge in [-0.05, 0) is 62.5 Å². The number of nitrogens with two attached hydrogens (primary N) is 1. The lowest BCUT2D eigenvalue weighted by Crippen LogP contribution is -2.43. The lowest BCUT2D eigenvalue weighted by molar-refractivity contribution is 0.245. The van der Waals surface area contributed by atoms with Gasteiger partial charge in [-0.25, -0.2) is 9.79 Å². The smallest absolute Gasteiger partial charge is 0.321 e. The molecule has 2 heterocycles. The van der Waals surface area contributed by atoms with E-state index in [0.29, 0.717) is 12.2 Å².